The molecule has 1 aliphatic heterocycles. The van der Waals surface area contributed by atoms with E-state index in [9.17, 15) is 9.59 Å². The van der Waals surface area contributed by atoms with Gasteiger partial charge in [-0.15, -0.1) is 21.5 Å². The number of rotatable bonds is 13. The molecule has 1 aliphatic rings. The molecular formula is C35H34N6O4S2. The van der Waals surface area contributed by atoms with Crippen molar-refractivity contribution >= 4 is 40.6 Å². The normalized spacial score (nSPS) is 14.1. The van der Waals surface area contributed by atoms with Crippen LogP contribution in [0.3, 0.4) is 0 Å². The summed E-state index contributed by atoms with van der Waals surface area (Å²) >= 11 is 2.90. The lowest BCUT2D eigenvalue weighted by Crippen LogP contribution is -2.29. The number of aryl methyl sites for hydroxylation is 1. The number of methoxy groups -OCH3 is 2. The number of carbonyl (C=O) groups is 2. The van der Waals surface area contributed by atoms with Crippen molar-refractivity contribution < 1.29 is 19.1 Å². The van der Waals surface area contributed by atoms with Gasteiger partial charge in [0.2, 0.25) is 0 Å². The Bertz CT molecular complexity index is 1840. The van der Waals surface area contributed by atoms with Crippen LogP contribution in [0, 0.1) is 0 Å². The molecule has 5 aromatic rings. The fourth-order valence-electron chi connectivity index (χ4n) is 5.46. The Balaban J connectivity index is 1.23. The molecule has 1 atom stereocenters. The second kappa shape index (κ2) is 15.1. The van der Waals surface area contributed by atoms with Crippen molar-refractivity contribution in [2.24, 2.45) is 5.10 Å². The lowest BCUT2D eigenvalue weighted by molar-refractivity contribution is -0.130. The Morgan fingerprint density at radius 3 is 2.45 bits per heavy atom. The number of nitrogens with one attached hydrogen (secondary N) is 1. The van der Waals surface area contributed by atoms with Gasteiger partial charge >= 0.3 is 0 Å². The van der Waals surface area contributed by atoms with Crippen LogP contribution < -0.4 is 14.8 Å². The Morgan fingerprint density at radius 1 is 0.936 bits per heavy atom. The van der Waals surface area contributed by atoms with Crippen LogP contribution in [-0.2, 0) is 24.3 Å². The van der Waals surface area contributed by atoms with Crippen LogP contribution in [0.2, 0.25) is 0 Å². The van der Waals surface area contributed by atoms with Crippen LogP contribution in [0.1, 0.15) is 44.6 Å². The summed E-state index contributed by atoms with van der Waals surface area (Å²) in [6, 6.07) is 28.5. The molecule has 2 aromatic heterocycles. The SMILES string of the molecule is COc1cccc([C@@H]2CC(c3cccs3)=NN2C(=O)CSc2nnc(CNC(=O)c3ccccc3)n2CCc2ccccc2)c1OC. The first-order valence-electron chi connectivity index (χ1n) is 15.1. The maximum atomic E-state index is 14.0. The number of amides is 2. The molecule has 6 rings (SSSR count). The van der Waals surface area contributed by atoms with E-state index in [4.69, 9.17) is 14.6 Å². The molecule has 3 aromatic carbocycles. The predicted octanol–water partition coefficient (Wildman–Crippen LogP) is 6.00. The smallest absolute Gasteiger partial charge is 0.253 e. The van der Waals surface area contributed by atoms with Crippen molar-refractivity contribution in [3.8, 4) is 11.5 Å². The van der Waals surface area contributed by atoms with Gasteiger partial charge in [-0.05, 0) is 41.6 Å². The van der Waals surface area contributed by atoms with Crippen molar-refractivity contribution in [1.29, 1.82) is 0 Å². The Labute approximate surface area is 281 Å². The maximum Gasteiger partial charge on any atom is 0.253 e. The van der Waals surface area contributed by atoms with E-state index < -0.39 is 0 Å². The molecule has 0 radical (unpaired) electrons. The van der Waals surface area contributed by atoms with Crippen molar-refractivity contribution in [2.75, 3.05) is 20.0 Å². The number of ether oxygens (including phenoxy) is 2. The number of carbonyl (C=O) groups excluding carboxylic acids is 2. The standard InChI is InChI=1S/C35H34N6O4S2/c1-44-29-16-9-15-26(33(29)45-2)28-21-27(30-17-10-20-46-30)39-41(28)32(42)23-47-35-38-37-31(22-36-34(43)25-13-7-4-8-14-25)40(35)19-18-24-11-5-3-6-12-24/h3-17,20,28H,18-19,21-23H2,1-2H3,(H,36,43)/t28-/m0/s1. The van der Waals surface area contributed by atoms with Crippen molar-refractivity contribution in [1.82, 2.24) is 25.1 Å². The minimum atomic E-state index is -0.370. The molecule has 0 saturated heterocycles. The second-order valence-corrected chi connectivity index (χ2v) is 12.6. The molecule has 2 amide bonds. The van der Waals surface area contributed by atoms with Gasteiger partial charge < -0.3 is 19.4 Å². The molecule has 0 bridgehead atoms. The third kappa shape index (κ3) is 7.39. The summed E-state index contributed by atoms with van der Waals surface area (Å²) in [5.74, 6) is 1.50. The van der Waals surface area contributed by atoms with E-state index in [1.807, 2.05) is 76.7 Å². The Hall–Kier alpha value is -4.94. The van der Waals surface area contributed by atoms with Crippen molar-refractivity contribution in [3.05, 3.63) is 124 Å². The fourth-order valence-corrected chi connectivity index (χ4v) is 7.02. The summed E-state index contributed by atoms with van der Waals surface area (Å²) in [6.07, 6.45) is 1.28. The number of thioether (sulfide) groups is 1. The first-order valence-corrected chi connectivity index (χ1v) is 17.0. The number of nitrogens with zero attached hydrogens (tertiary/aromatic N) is 5. The summed E-state index contributed by atoms with van der Waals surface area (Å²) < 4.78 is 13.3. The summed E-state index contributed by atoms with van der Waals surface area (Å²) in [7, 11) is 3.19. The van der Waals surface area contributed by atoms with Gasteiger partial charge in [-0.25, -0.2) is 5.01 Å². The molecule has 0 aliphatic carbocycles. The van der Waals surface area contributed by atoms with Gasteiger partial charge in [-0.2, -0.15) is 5.10 Å². The van der Waals surface area contributed by atoms with Crippen LogP contribution in [0.5, 0.6) is 11.5 Å². The second-order valence-electron chi connectivity index (χ2n) is 10.7. The van der Waals surface area contributed by atoms with Gasteiger partial charge in [0.05, 0.1) is 43.1 Å². The fraction of sp³-hybridized carbons (Fsp3) is 0.229. The molecule has 12 heteroatoms. The number of hydrogen-bond donors (Lipinski definition) is 1. The third-order valence-corrected chi connectivity index (χ3v) is 9.66. The monoisotopic (exact) mass is 666 g/mol. The van der Waals surface area contributed by atoms with Gasteiger partial charge in [-0.3, -0.25) is 9.59 Å². The zero-order valence-corrected chi connectivity index (χ0v) is 27.7. The van der Waals surface area contributed by atoms with E-state index in [1.54, 1.807) is 42.7 Å². The molecule has 3 heterocycles. The van der Waals surface area contributed by atoms with E-state index >= 15 is 0 Å². The molecule has 0 saturated carbocycles. The average molecular weight is 667 g/mol. The largest absolute Gasteiger partial charge is 0.493 e. The molecule has 0 unspecified atom stereocenters. The van der Waals surface area contributed by atoms with Crippen LogP contribution in [0.15, 0.2) is 107 Å². The Kier molecular flexibility index (Phi) is 10.3. The van der Waals surface area contributed by atoms with E-state index in [1.165, 1.54) is 11.8 Å². The number of hydrogen-bond acceptors (Lipinski definition) is 9. The maximum absolute atomic E-state index is 14.0. The number of para-hydroxylation sites is 1. The van der Waals surface area contributed by atoms with Gasteiger partial charge in [0, 0.05) is 24.1 Å². The molecule has 0 fully saturated rings. The van der Waals surface area contributed by atoms with E-state index in [2.05, 4.69) is 27.6 Å². The minimum absolute atomic E-state index is 0.0872. The molecule has 10 nitrogen and oxygen atoms in total. The molecule has 240 valence electrons. The molecule has 47 heavy (non-hydrogen) atoms. The third-order valence-electron chi connectivity index (χ3n) is 7.79. The topological polar surface area (TPSA) is 111 Å². The molecule has 1 N–H and O–H groups in total. The number of hydrazone groups is 1. The van der Waals surface area contributed by atoms with Crippen LogP contribution in [0.25, 0.3) is 0 Å². The predicted molar refractivity (Wildman–Crippen MR) is 183 cm³/mol. The highest BCUT2D eigenvalue weighted by Crippen LogP contribution is 2.42. The highest BCUT2D eigenvalue weighted by Gasteiger charge is 2.36. The first kappa shape index (κ1) is 32.0. The highest BCUT2D eigenvalue weighted by atomic mass is 32.2. The quantitative estimate of drug-likeness (QED) is 0.154. The summed E-state index contributed by atoms with van der Waals surface area (Å²) in [6.45, 7) is 0.778. The molecular weight excluding hydrogens is 633 g/mol. The minimum Gasteiger partial charge on any atom is -0.493 e. The van der Waals surface area contributed by atoms with Crippen LogP contribution in [0.4, 0.5) is 0 Å². The zero-order valence-electron chi connectivity index (χ0n) is 26.0. The zero-order chi connectivity index (χ0) is 32.6. The van der Waals surface area contributed by atoms with E-state index in [0.29, 0.717) is 41.0 Å². The summed E-state index contributed by atoms with van der Waals surface area (Å²) in [5.41, 5.74) is 3.40. The van der Waals surface area contributed by atoms with Crippen molar-refractivity contribution in [3.63, 3.8) is 0 Å². The van der Waals surface area contributed by atoms with Crippen LogP contribution in [-0.4, -0.2) is 57.3 Å². The number of aromatic nitrogens is 3. The summed E-state index contributed by atoms with van der Waals surface area (Å²) in [5, 5.41) is 20.8. The van der Waals surface area contributed by atoms with Gasteiger partial charge in [0.25, 0.3) is 11.8 Å². The van der Waals surface area contributed by atoms with Crippen molar-refractivity contribution in [2.45, 2.75) is 37.1 Å². The lowest BCUT2D eigenvalue weighted by Gasteiger charge is -2.24. The van der Waals surface area contributed by atoms with E-state index in [-0.39, 0.29) is 30.2 Å². The first-order chi connectivity index (χ1) is 23.1. The Morgan fingerprint density at radius 2 is 1.72 bits per heavy atom. The van der Waals surface area contributed by atoms with Gasteiger partial charge in [-0.1, -0.05) is 78.5 Å². The number of benzene rings is 3. The average Bonchev–Trinajstić information content (AvgIpc) is 3.89. The summed E-state index contributed by atoms with van der Waals surface area (Å²) in [4.78, 5) is 27.7. The molecule has 0 spiro atoms. The van der Waals surface area contributed by atoms with Crippen LogP contribution >= 0.6 is 23.1 Å². The van der Waals surface area contributed by atoms with Gasteiger partial charge in [0.15, 0.2) is 22.5 Å². The van der Waals surface area contributed by atoms with E-state index in [0.717, 1.165) is 28.1 Å². The highest BCUT2D eigenvalue weighted by molar-refractivity contribution is 7.99. The lowest BCUT2D eigenvalue weighted by atomic mass is 9.99. The van der Waals surface area contributed by atoms with Gasteiger partial charge in [0.1, 0.15) is 0 Å². The number of thiophene rings is 1.